The lowest BCUT2D eigenvalue weighted by Gasteiger charge is -2.19. The Morgan fingerprint density at radius 1 is 0.773 bits per heavy atom. The minimum atomic E-state index is 0.173. The molecule has 0 saturated carbocycles. The fourth-order valence-electron chi connectivity index (χ4n) is 3.46. The highest BCUT2D eigenvalue weighted by molar-refractivity contribution is 6.17. The summed E-state index contributed by atoms with van der Waals surface area (Å²) in [5.41, 5.74) is 4.21. The first-order chi connectivity index (χ1) is 10.5. The van der Waals surface area contributed by atoms with Gasteiger partial charge in [-0.2, -0.15) is 0 Å². The average Bonchev–Trinajstić information content (AvgIpc) is 2.79. The average molecular weight is 287 g/mol. The number of fused-ring (bicyclic) bond motifs is 5. The van der Waals surface area contributed by atoms with Gasteiger partial charge in [-0.05, 0) is 22.4 Å². The molecule has 0 atom stereocenters. The van der Waals surface area contributed by atoms with Crippen LogP contribution in [0.1, 0.15) is 26.3 Å². The molecule has 1 nitrogen and oxygen atoms in total. The molecule has 22 heavy (non-hydrogen) atoms. The zero-order valence-electron chi connectivity index (χ0n) is 13.6. The summed E-state index contributed by atoms with van der Waals surface area (Å²) in [6.07, 6.45) is 0. The Morgan fingerprint density at radius 2 is 1.50 bits per heavy atom. The van der Waals surface area contributed by atoms with Gasteiger partial charge in [-0.1, -0.05) is 69.3 Å². The second kappa shape index (κ2) is 4.36. The smallest absolute Gasteiger partial charge is 0.0568 e. The third-order valence-electron chi connectivity index (χ3n) is 4.75. The number of hydrogen-bond acceptors (Lipinski definition) is 0. The van der Waals surface area contributed by atoms with Crippen LogP contribution in [0.2, 0.25) is 0 Å². The topological polar surface area (TPSA) is 4.93 Å². The van der Waals surface area contributed by atoms with Crippen molar-refractivity contribution in [3.63, 3.8) is 0 Å². The van der Waals surface area contributed by atoms with E-state index in [1.807, 2.05) is 0 Å². The van der Waals surface area contributed by atoms with Crippen LogP contribution in [0, 0.1) is 0 Å². The molecule has 0 N–H and O–H groups in total. The molecule has 0 amide bonds. The predicted octanol–water partition coefficient (Wildman–Crippen LogP) is 5.78. The number of aromatic nitrogens is 1. The van der Waals surface area contributed by atoms with Crippen molar-refractivity contribution in [2.24, 2.45) is 7.05 Å². The number of benzene rings is 3. The summed E-state index contributed by atoms with van der Waals surface area (Å²) in [6, 6.07) is 20.0. The van der Waals surface area contributed by atoms with Gasteiger partial charge in [0.25, 0.3) is 0 Å². The van der Waals surface area contributed by atoms with Gasteiger partial charge in [0, 0.05) is 28.7 Å². The van der Waals surface area contributed by atoms with Crippen LogP contribution >= 0.6 is 0 Å². The lowest BCUT2D eigenvalue weighted by atomic mass is 9.86. The minimum Gasteiger partial charge on any atom is -0.343 e. The molecule has 0 spiro atoms. The molecule has 1 heteroatoms. The van der Waals surface area contributed by atoms with Gasteiger partial charge in [-0.3, -0.25) is 0 Å². The Labute approximate surface area is 131 Å². The third kappa shape index (κ3) is 1.78. The molecule has 0 aliphatic rings. The number of hydrogen-bond donors (Lipinski definition) is 0. The maximum atomic E-state index is 2.35. The minimum absolute atomic E-state index is 0.173. The van der Waals surface area contributed by atoms with E-state index in [0.29, 0.717) is 0 Å². The lowest BCUT2D eigenvalue weighted by Crippen LogP contribution is -2.10. The van der Waals surface area contributed by atoms with Gasteiger partial charge in [0.15, 0.2) is 0 Å². The summed E-state index contributed by atoms with van der Waals surface area (Å²) in [4.78, 5) is 0. The Hall–Kier alpha value is -2.28. The molecule has 0 aliphatic heterocycles. The summed E-state index contributed by atoms with van der Waals surface area (Å²) in [7, 11) is 2.18. The van der Waals surface area contributed by atoms with Gasteiger partial charge < -0.3 is 4.57 Å². The van der Waals surface area contributed by atoms with E-state index >= 15 is 0 Å². The molecule has 0 unspecified atom stereocenters. The zero-order valence-corrected chi connectivity index (χ0v) is 13.6. The van der Waals surface area contributed by atoms with E-state index in [1.54, 1.807) is 0 Å². The van der Waals surface area contributed by atoms with E-state index in [2.05, 4.69) is 87.0 Å². The van der Waals surface area contributed by atoms with Crippen molar-refractivity contribution in [2.75, 3.05) is 0 Å². The highest BCUT2D eigenvalue weighted by atomic mass is 14.9. The van der Waals surface area contributed by atoms with Crippen molar-refractivity contribution in [3.8, 4) is 0 Å². The molecule has 0 saturated heterocycles. The van der Waals surface area contributed by atoms with Crippen molar-refractivity contribution in [1.29, 1.82) is 0 Å². The Balaban J connectivity index is 2.19. The molecule has 0 radical (unpaired) electrons. The van der Waals surface area contributed by atoms with Crippen LogP contribution < -0.4 is 0 Å². The summed E-state index contributed by atoms with van der Waals surface area (Å²) in [5.74, 6) is 0. The summed E-state index contributed by atoms with van der Waals surface area (Å²) < 4.78 is 2.35. The van der Waals surface area contributed by atoms with Crippen LogP contribution in [0.25, 0.3) is 32.6 Å². The van der Waals surface area contributed by atoms with Gasteiger partial charge >= 0.3 is 0 Å². The maximum Gasteiger partial charge on any atom is 0.0568 e. The highest BCUT2D eigenvalue weighted by Crippen LogP contribution is 2.35. The summed E-state index contributed by atoms with van der Waals surface area (Å²) >= 11 is 0. The summed E-state index contributed by atoms with van der Waals surface area (Å²) in [6.45, 7) is 6.81. The first kappa shape index (κ1) is 13.4. The normalized spacial score (nSPS) is 12.5. The Bertz CT molecular complexity index is 1010. The van der Waals surface area contributed by atoms with E-state index in [1.165, 1.54) is 38.1 Å². The molecular formula is C21H21N. The van der Waals surface area contributed by atoms with Crippen LogP contribution in [0.15, 0.2) is 54.6 Å². The van der Waals surface area contributed by atoms with Gasteiger partial charge in [-0.15, -0.1) is 0 Å². The van der Waals surface area contributed by atoms with Crippen molar-refractivity contribution in [1.82, 2.24) is 4.57 Å². The van der Waals surface area contributed by atoms with Gasteiger partial charge in [-0.25, -0.2) is 0 Å². The largest absolute Gasteiger partial charge is 0.343 e. The molecule has 4 rings (SSSR count). The summed E-state index contributed by atoms with van der Waals surface area (Å²) in [5, 5.41) is 5.32. The second-order valence-corrected chi connectivity index (χ2v) is 7.22. The molecule has 0 fully saturated rings. The lowest BCUT2D eigenvalue weighted by molar-refractivity contribution is 0.591. The first-order valence-corrected chi connectivity index (χ1v) is 7.87. The molecule has 4 aromatic rings. The number of rotatable bonds is 0. The van der Waals surface area contributed by atoms with Crippen LogP contribution in [0.4, 0.5) is 0 Å². The maximum absolute atomic E-state index is 2.35. The van der Waals surface area contributed by atoms with Crippen molar-refractivity contribution in [2.45, 2.75) is 26.2 Å². The quantitative estimate of drug-likeness (QED) is 0.386. The number of nitrogens with zero attached hydrogens (tertiary/aromatic N) is 1. The van der Waals surface area contributed by atoms with Crippen LogP contribution in [-0.2, 0) is 12.5 Å². The Morgan fingerprint density at radius 3 is 2.27 bits per heavy atom. The molecule has 1 aromatic heterocycles. The van der Waals surface area contributed by atoms with Gasteiger partial charge in [0.2, 0.25) is 0 Å². The third-order valence-corrected chi connectivity index (χ3v) is 4.75. The predicted molar refractivity (Wildman–Crippen MR) is 96.6 cm³/mol. The monoisotopic (exact) mass is 287 g/mol. The van der Waals surface area contributed by atoms with Crippen LogP contribution in [0.3, 0.4) is 0 Å². The molecule has 110 valence electrons. The van der Waals surface area contributed by atoms with Gasteiger partial charge in [0.1, 0.15) is 0 Å². The van der Waals surface area contributed by atoms with E-state index in [4.69, 9.17) is 0 Å². The molecule has 0 aliphatic carbocycles. The fourth-order valence-corrected chi connectivity index (χ4v) is 3.46. The zero-order chi connectivity index (χ0) is 15.5. The van der Waals surface area contributed by atoms with Crippen molar-refractivity contribution >= 4 is 32.6 Å². The molecule has 0 bridgehead atoms. The van der Waals surface area contributed by atoms with Gasteiger partial charge in [0.05, 0.1) is 5.52 Å². The van der Waals surface area contributed by atoms with E-state index in [-0.39, 0.29) is 5.41 Å². The molecule has 3 aromatic carbocycles. The number of aryl methyl sites for hydroxylation is 1. The molecular weight excluding hydrogens is 266 g/mol. The standard InChI is InChI=1S/C21H21N/c1-21(2,3)15-10-12-17-18-11-9-14-7-5-6-8-16(14)20(18)22(4)19(17)13-15/h5-13H,1-4H3. The van der Waals surface area contributed by atoms with Crippen LogP contribution in [0.5, 0.6) is 0 Å². The SMILES string of the molecule is Cn1c2cc(C(C)(C)C)ccc2c2ccc3ccccc3c21. The van der Waals surface area contributed by atoms with E-state index in [0.717, 1.165) is 0 Å². The van der Waals surface area contributed by atoms with E-state index in [9.17, 15) is 0 Å². The van der Waals surface area contributed by atoms with Crippen molar-refractivity contribution < 1.29 is 0 Å². The highest BCUT2D eigenvalue weighted by Gasteiger charge is 2.17. The van der Waals surface area contributed by atoms with Crippen molar-refractivity contribution in [3.05, 3.63) is 60.2 Å². The fraction of sp³-hybridized carbons (Fsp3) is 0.238. The van der Waals surface area contributed by atoms with E-state index < -0.39 is 0 Å². The molecule has 1 heterocycles. The van der Waals surface area contributed by atoms with Crippen LogP contribution in [-0.4, -0.2) is 4.57 Å². The second-order valence-electron chi connectivity index (χ2n) is 7.22. The first-order valence-electron chi connectivity index (χ1n) is 7.87. The Kier molecular flexibility index (Phi) is 2.65.